The first kappa shape index (κ1) is 18.3. The largest absolute Gasteiger partial charge is 0.317 e. The molecule has 0 radical (unpaired) electrons. The van der Waals surface area contributed by atoms with Crippen LogP contribution >= 0.6 is 11.3 Å². The van der Waals surface area contributed by atoms with Crippen LogP contribution in [0.3, 0.4) is 0 Å². The molecule has 0 bridgehead atoms. The topological polar surface area (TPSA) is 82.4 Å². The number of fused-ring (bicyclic) bond motifs is 3. The zero-order chi connectivity index (χ0) is 21.0. The summed E-state index contributed by atoms with van der Waals surface area (Å²) in [5.74, 6) is 0. The number of rotatable bonds is 3. The van der Waals surface area contributed by atoms with Gasteiger partial charge in [0.15, 0.2) is 4.96 Å². The smallest absolute Gasteiger partial charge is 0.275 e. The number of imidazole rings is 1. The van der Waals surface area contributed by atoms with Crippen molar-refractivity contribution < 1.29 is 4.92 Å². The van der Waals surface area contributed by atoms with Crippen LogP contribution in [0.15, 0.2) is 59.5 Å². The van der Waals surface area contributed by atoms with Gasteiger partial charge in [-0.25, -0.2) is 9.38 Å². The Labute approximate surface area is 174 Å². The minimum atomic E-state index is -0.425. The molecule has 3 heterocycles. The number of nitro groups is 1. The Kier molecular flexibility index (Phi) is 4.04. The van der Waals surface area contributed by atoms with Crippen molar-refractivity contribution in [3.63, 3.8) is 0 Å². The summed E-state index contributed by atoms with van der Waals surface area (Å²) in [6.45, 7) is 4.06. The summed E-state index contributed by atoms with van der Waals surface area (Å²) >= 11 is 1.35. The second kappa shape index (κ2) is 6.64. The highest BCUT2D eigenvalue weighted by molar-refractivity contribution is 7.15. The first-order valence-corrected chi connectivity index (χ1v) is 10.1. The molecule has 0 unspecified atom stereocenters. The average molecular weight is 416 g/mol. The first-order valence-electron chi connectivity index (χ1n) is 9.28. The number of aryl methyl sites for hydroxylation is 2. The molecule has 0 saturated heterocycles. The van der Waals surface area contributed by atoms with Crippen molar-refractivity contribution in [3.8, 4) is 5.69 Å². The van der Waals surface area contributed by atoms with Gasteiger partial charge in [0.1, 0.15) is 0 Å². The third-order valence-corrected chi connectivity index (χ3v) is 6.22. The van der Waals surface area contributed by atoms with Crippen LogP contribution in [0.25, 0.3) is 27.8 Å². The van der Waals surface area contributed by atoms with Gasteiger partial charge in [-0.2, -0.15) is 0 Å². The molecule has 0 N–H and O–H groups in total. The zero-order valence-electron chi connectivity index (χ0n) is 16.2. The zero-order valence-corrected chi connectivity index (χ0v) is 17.0. The van der Waals surface area contributed by atoms with Gasteiger partial charge in [-0.05, 0) is 67.4 Å². The van der Waals surface area contributed by atoms with Crippen molar-refractivity contribution in [2.24, 2.45) is 0 Å². The predicted octanol–water partition coefficient (Wildman–Crippen LogP) is 3.77. The molecule has 0 saturated carbocycles. The van der Waals surface area contributed by atoms with E-state index in [0.717, 1.165) is 33.5 Å². The van der Waals surface area contributed by atoms with Gasteiger partial charge in [-0.3, -0.25) is 14.9 Å². The SMILES string of the molecule is Cc1cc2nc3s/c(=C/c4cccn4-c4ccc([N+](=O)[O-])cc4)c(=O)n3c2cc1C. The molecule has 0 fully saturated rings. The molecule has 0 amide bonds. The summed E-state index contributed by atoms with van der Waals surface area (Å²) in [5, 5.41) is 10.9. The fraction of sp³-hybridized carbons (Fsp3) is 0.0909. The number of aromatic nitrogens is 3. The lowest BCUT2D eigenvalue weighted by molar-refractivity contribution is -0.384. The molecule has 148 valence electrons. The molecule has 0 atom stereocenters. The number of non-ortho nitro benzene ring substituents is 1. The highest BCUT2D eigenvalue weighted by Crippen LogP contribution is 2.21. The lowest BCUT2D eigenvalue weighted by atomic mass is 10.1. The second-order valence-electron chi connectivity index (χ2n) is 7.15. The molecule has 0 aliphatic heterocycles. The summed E-state index contributed by atoms with van der Waals surface area (Å²) in [6.07, 6.45) is 3.69. The van der Waals surface area contributed by atoms with Crippen LogP contribution in [-0.2, 0) is 0 Å². The maximum Gasteiger partial charge on any atom is 0.275 e. The summed E-state index contributed by atoms with van der Waals surface area (Å²) in [6, 6.07) is 14.1. The van der Waals surface area contributed by atoms with E-state index in [0.29, 0.717) is 9.49 Å². The van der Waals surface area contributed by atoms with E-state index in [2.05, 4.69) is 4.98 Å². The van der Waals surface area contributed by atoms with Crippen LogP contribution in [0, 0.1) is 24.0 Å². The maximum absolute atomic E-state index is 13.1. The molecule has 8 heteroatoms. The summed E-state index contributed by atoms with van der Waals surface area (Å²) < 4.78 is 4.13. The Morgan fingerprint density at radius 1 is 1.10 bits per heavy atom. The van der Waals surface area contributed by atoms with E-state index in [9.17, 15) is 14.9 Å². The predicted molar refractivity (Wildman–Crippen MR) is 118 cm³/mol. The molecule has 2 aromatic carbocycles. The van der Waals surface area contributed by atoms with Gasteiger partial charge in [-0.15, -0.1) is 0 Å². The van der Waals surface area contributed by atoms with E-state index in [1.807, 2.05) is 55.0 Å². The molecular weight excluding hydrogens is 400 g/mol. The summed E-state index contributed by atoms with van der Waals surface area (Å²) in [4.78, 5) is 28.9. The Morgan fingerprint density at radius 2 is 1.83 bits per heavy atom. The number of thiazole rings is 1. The molecule has 0 spiro atoms. The van der Waals surface area contributed by atoms with Gasteiger partial charge in [0.25, 0.3) is 11.2 Å². The molecule has 3 aromatic heterocycles. The number of nitrogens with zero attached hydrogens (tertiary/aromatic N) is 4. The molecule has 0 aliphatic rings. The van der Waals surface area contributed by atoms with Crippen molar-refractivity contribution in [1.82, 2.24) is 14.0 Å². The standard InChI is InChI=1S/C22H16N4O3S/c1-13-10-18-19(11-14(13)2)25-21(27)20(30-22(25)23-18)12-17-4-3-9-24(17)15-5-7-16(8-6-15)26(28)29/h3-12H,1-2H3/b20-12+. The van der Waals surface area contributed by atoms with E-state index < -0.39 is 4.92 Å². The fourth-order valence-electron chi connectivity index (χ4n) is 3.53. The van der Waals surface area contributed by atoms with Crippen LogP contribution in [0.1, 0.15) is 16.8 Å². The van der Waals surface area contributed by atoms with E-state index in [4.69, 9.17) is 0 Å². The van der Waals surface area contributed by atoms with Gasteiger partial charge in [0.2, 0.25) is 0 Å². The van der Waals surface area contributed by atoms with E-state index in [-0.39, 0.29) is 11.2 Å². The molecule has 5 rings (SSSR count). The van der Waals surface area contributed by atoms with Crippen LogP contribution in [-0.4, -0.2) is 18.9 Å². The number of hydrogen-bond donors (Lipinski definition) is 0. The average Bonchev–Trinajstić information content (AvgIpc) is 3.39. The summed E-state index contributed by atoms with van der Waals surface area (Å²) in [5.41, 5.74) is 5.43. The van der Waals surface area contributed by atoms with Gasteiger partial charge in [0.05, 0.1) is 20.5 Å². The summed E-state index contributed by atoms with van der Waals surface area (Å²) in [7, 11) is 0. The number of hydrogen-bond acceptors (Lipinski definition) is 5. The molecule has 7 nitrogen and oxygen atoms in total. The van der Waals surface area contributed by atoms with Gasteiger partial charge in [0, 0.05) is 29.7 Å². The molecule has 0 aliphatic carbocycles. The molecule has 5 aromatic rings. The van der Waals surface area contributed by atoms with Crippen LogP contribution in [0.5, 0.6) is 0 Å². The maximum atomic E-state index is 13.1. The number of nitro benzene ring substituents is 1. The minimum absolute atomic E-state index is 0.0372. The quantitative estimate of drug-likeness (QED) is 0.331. The third-order valence-electron chi connectivity index (χ3n) is 5.25. The first-order chi connectivity index (χ1) is 14.4. The van der Waals surface area contributed by atoms with Crippen molar-refractivity contribution in [3.05, 3.63) is 96.5 Å². The molecular formula is C22H16N4O3S. The lowest BCUT2D eigenvalue weighted by Gasteiger charge is -2.05. The van der Waals surface area contributed by atoms with Crippen LogP contribution in [0.2, 0.25) is 0 Å². The Bertz CT molecular complexity index is 1560. The van der Waals surface area contributed by atoms with Gasteiger partial charge >= 0.3 is 0 Å². The normalized spacial score (nSPS) is 12.3. The van der Waals surface area contributed by atoms with Crippen LogP contribution in [0.4, 0.5) is 5.69 Å². The minimum Gasteiger partial charge on any atom is -0.317 e. The van der Waals surface area contributed by atoms with Crippen LogP contribution < -0.4 is 10.1 Å². The fourth-order valence-corrected chi connectivity index (χ4v) is 4.51. The highest BCUT2D eigenvalue weighted by Gasteiger charge is 2.13. The van der Waals surface area contributed by atoms with Gasteiger partial charge < -0.3 is 4.57 Å². The van der Waals surface area contributed by atoms with Crippen molar-refractivity contribution >= 4 is 39.1 Å². The highest BCUT2D eigenvalue weighted by atomic mass is 32.1. The van der Waals surface area contributed by atoms with Crippen molar-refractivity contribution in [1.29, 1.82) is 0 Å². The third kappa shape index (κ3) is 2.81. The number of benzene rings is 2. The van der Waals surface area contributed by atoms with E-state index >= 15 is 0 Å². The van der Waals surface area contributed by atoms with Gasteiger partial charge in [-0.1, -0.05) is 11.3 Å². The Balaban J connectivity index is 1.65. The van der Waals surface area contributed by atoms with Crippen molar-refractivity contribution in [2.45, 2.75) is 13.8 Å². The Morgan fingerprint density at radius 3 is 2.57 bits per heavy atom. The Hall–Kier alpha value is -3.78. The lowest BCUT2D eigenvalue weighted by Crippen LogP contribution is -2.23. The second-order valence-corrected chi connectivity index (χ2v) is 8.16. The monoisotopic (exact) mass is 416 g/mol. The van der Waals surface area contributed by atoms with E-state index in [1.165, 1.54) is 23.5 Å². The molecule has 30 heavy (non-hydrogen) atoms. The van der Waals surface area contributed by atoms with E-state index in [1.54, 1.807) is 16.5 Å². The van der Waals surface area contributed by atoms with Crippen molar-refractivity contribution in [2.75, 3.05) is 0 Å².